The maximum absolute atomic E-state index is 13.2. The Hall–Kier alpha value is -4.22. The summed E-state index contributed by atoms with van der Waals surface area (Å²) < 4.78 is 11.4. The number of carbonyl (C=O) groups is 1. The number of hydrogen-bond donors (Lipinski definition) is 2. The third-order valence-electron chi connectivity index (χ3n) is 7.13. The number of nitro benzene ring substituents is 1. The van der Waals surface area contributed by atoms with Crippen LogP contribution in [0.1, 0.15) is 29.5 Å². The second kappa shape index (κ2) is 9.58. The zero-order valence-electron chi connectivity index (χ0n) is 20.3. The summed E-state index contributed by atoms with van der Waals surface area (Å²) in [7, 11) is 1.43. The van der Waals surface area contributed by atoms with Crippen LogP contribution in [-0.2, 0) is 16.9 Å². The van der Waals surface area contributed by atoms with Gasteiger partial charge in [0.1, 0.15) is 6.61 Å². The third kappa shape index (κ3) is 4.00. The van der Waals surface area contributed by atoms with E-state index in [0.29, 0.717) is 22.4 Å². The van der Waals surface area contributed by atoms with Crippen LogP contribution >= 0.6 is 11.6 Å². The number of nitrogens with one attached hydrogen (secondary N) is 2. The average molecular weight is 539 g/mol. The van der Waals surface area contributed by atoms with Gasteiger partial charge in [0.05, 0.1) is 23.0 Å². The summed E-state index contributed by atoms with van der Waals surface area (Å²) in [6.45, 7) is 1.86. The zero-order valence-corrected chi connectivity index (χ0v) is 21.1. The van der Waals surface area contributed by atoms with Gasteiger partial charge in [-0.2, -0.15) is 0 Å². The van der Waals surface area contributed by atoms with Crippen molar-refractivity contribution >= 4 is 28.9 Å². The molecular weight excluding hydrogens is 516 g/mol. The fourth-order valence-corrected chi connectivity index (χ4v) is 5.77. The molecule has 0 saturated carbocycles. The molecule has 5 rings (SSSR count). The SMILES string of the molecule is COc1cc([C@@H]2[C@H](C)N[C@@]3(C(=O)Nc4ccccc43)[C@H]2[N+](=O)[O-])cc(Cl)c1OCc1ccc([N+](=O)[O-])cc1. The van der Waals surface area contributed by atoms with E-state index in [1.54, 1.807) is 55.5 Å². The van der Waals surface area contributed by atoms with Crippen LogP contribution in [0.5, 0.6) is 11.5 Å². The fraction of sp³-hybridized carbons (Fsp3) is 0.269. The van der Waals surface area contributed by atoms with E-state index in [2.05, 4.69) is 10.6 Å². The largest absolute Gasteiger partial charge is 0.493 e. The molecule has 4 atom stereocenters. The Balaban J connectivity index is 1.49. The number of halogens is 1. The van der Waals surface area contributed by atoms with Crippen LogP contribution in [0.4, 0.5) is 11.4 Å². The zero-order chi connectivity index (χ0) is 27.2. The summed E-state index contributed by atoms with van der Waals surface area (Å²) in [5, 5.41) is 29.6. The van der Waals surface area contributed by atoms with Crippen molar-refractivity contribution in [3.63, 3.8) is 0 Å². The number of benzene rings is 3. The van der Waals surface area contributed by atoms with Crippen LogP contribution in [-0.4, -0.2) is 34.9 Å². The van der Waals surface area contributed by atoms with Crippen LogP contribution in [0, 0.1) is 20.2 Å². The molecule has 2 heterocycles. The van der Waals surface area contributed by atoms with Crippen LogP contribution < -0.4 is 20.1 Å². The summed E-state index contributed by atoms with van der Waals surface area (Å²) >= 11 is 6.60. The van der Waals surface area contributed by atoms with Gasteiger partial charge in [-0.1, -0.05) is 29.8 Å². The number of amides is 1. The van der Waals surface area contributed by atoms with Crippen molar-refractivity contribution in [2.24, 2.45) is 0 Å². The van der Waals surface area contributed by atoms with Gasteiger partial charge < -0.3 is 14.8 Å². The highest BCUT2D eigenvalue weighted by atomic mass is 35.5. The van der Waals surface area contributed by atoms with Gasteiger partial charge in [-0.05, 0) is 48.4 Å². The predicted octanol–water partition coefficient (Wildman–Crippen LogP) is 4.40. The van der Waals surface area contributed by atoms with E-state index in [-0.39, 0.29) is 28.8 Å². The number of hydrogen-bond acceptors (Lipinski definition) is 8. The number of methoxy groups -OCH3 is 1. The summed E-state index contributed by atoms with van der Waals surface area (Å²) in [5.41, 5.74) is 0.676. The molecule has 1 saturated heterocycles. The van der Waals surface area contributed by atoms with Gasteiger partial charge in [-0.15, -0.1) is 0 Å². The minimum Gasteiger partial charge on any atom is -0.493 e. The Kier molecular flexibility index (Phi) is 6.41. The molecule has 0 bridgehead atoms. The van der Waals surface area contributed by atoms with Crippen LogP contribution in [0.25, 0.3) is 0 Å². The van der Waals surface area contributed by atoms with E-state index in [9.17, 15) is 25.0 Å². The minimum absolute atomic E-state index is 0.0373. The molecule has 0 radical (unpaired) electrons. The summed E-state index contributed by atoms with van der Waals surface area (Å²) in [6.07, 6.45) is 0. The quantitative estimate of drug-likeness (QED) is 0.332. The lowest BCUT2D eigenvalue weighted by atomic mass is 9.78. The fourth-order valence-electron chi connectivity index (χ4n) is 5.50. The molecule has 196 valence electrons. The van der Waals surface area contributed by atoms with Crippen molar-refractivity contribution in [1.82, 2.24) is 5.32 Å². The first-order valence-corrected chi connectivity index (χ1v) is 12.1. The molecule has 38 heavy (non-hydrogen) atoms. The third-order valence-corrected chi connectivity index (χ3v) is 7.41. The van der Waals surface area contributed by atoms with E-state index in [1.165, 1.54) is 19.2 Å². The number of rotatable bonds is 7. The first kappa shape index (κ1) is 25.4. The molecule has 1 spiro atoms. The lowest BCUT2D eigenvalue weighted by molar-refractivity contribution is -0.532. The Bertz CT molecular complexity index is 1450. The summed E-state index contributed by atoms with van der Waals surface area (Å²) in [6, 6.07) is 14.3. The van der Waals surface area contributed by atoms with E-state index in [0.717, 1.165) is 0 Å². The number of para-hydroxylation sites is 1. The molecule has 12 heteroatoms. The maximum Gasteiger partial charge on any atom is 0.269 e. The number of fused-ring (bicyclic) bond motifs is 2. The number of ether oxygens (including phenoxy) is 2. The minimum atomic E-state index is -1.55. The highest BCUT2D eigenvalue weighted by Crippen LogP contribution is 2.51. The van der Waals surface area contributed by atoms with Crippen molar-refractivity contribution in [3.05, 3.63) is 103 Å². The molecule has 2 aliphatic heterocycles. The summed E-state index contributed by atoms with van der Waals surface area (Å²) in [4.78, 5) is 35.7. The molecule has 0 aromatic heterocycles. The van der Waals surface area contributed by atoms with E-state index < -0.39 is 39.3 Å². The predicted molar refractivity (Wildman–Crippen MR) is 138 cm³/mol. The van der Waals surface area contributed by atoms with Gasteiger partial charge in [0.15, 0.2) is 17.0 Å². The van der Waals surface area contributed by atoms with Crippen molar-refractivity contribution < 1.29 is 24.1 Å². The number of nitro groups is 2. The first-order chi connectivity index (χ1) is 18.2. The van der Waals surface area contributed by atoms with Gasteiger partial charge in [0.25, 0.3) is 17.6 Å². The van der Waals surface area contributed by atoms with Crippen LogP contribution in [0.15, 0.2) is 60.7 Å². The topological polar surface area (TPSA) is 146 Å². The Morgan fingerprint density at radius 1 is 1.08 bits per heavy atom. The van der Waals surface area contributed by atoms with Gasteiger partial charge >= 0.3 is 0 Å². The van der Waals surface area contributed by atoms with E-state index >= 15 is 0 Å². The number of carbonyl (C=O) groups excluding carboxylic acids is 1. The van der Waals surface area contributed by atoms with Crippen LogP contribution in [0.2, 0.25) is 5.02 Å². The van der Waals surface area contributed by atoms with Gasteiger partial charge in [0, 0.05) is 34.3 Å². The maximum atomic E-state index is 13.2. The van der Waals surface area contributed by atoms with Crippen molar-refractivity contribution in [3.8, 4) is 11.5 Å². The highest BCUT2D eigenvalue weighted by molar-refractivity contribution is 6.32. The molecule has 3 aromatic rings. The van der Waals surface area contributed by atoms with E-state index in [4.69, 9.17) is 21.1 Å². The molecule has 11 nitrogen and oxygen atoms in total. The first-order valence-electron chi connectivity index (χ1n) is 11.7. The smallest absolute Gasteiger partial charge is 0.269 e. The van der Waals surface area contributed by atoms with Crippen molar-refractivity contribution in [2.45, 2.75) is 37.1 Å². The van der Waals surface area contributed by atoms with Crippen molar-refractivity contribution in [1.29, 1.82) is 0 Å². The number of non-ortho nitro benzene ring substituents is 1. The molecular formula is C26H23ClN4O7. The van der Waals surface area contributed by atoms with Gasteiger partial charge in [-0.3, -0.25) is 30.3 Å². The van der Waals surface area contributed by atoms with Crippen molar-refractivity contribution in [2.75, 3.05) is 12.4 Å². The second-order valence-corrected chi connectivity index (χ2v) is 9.65. The summed E-state index contributed by atoms with van der Waals surface area (Å²) in [5.74, 6) is -0.708. The van der Waals surface area contributed by atoms with Crippen LogP contribution in [0.3, 0.4) is 0 Å². The highest BCUT2D eigenvalue weighted by Gasteiger charge is 2.67. The Morgan fingerprint density at radius 3 is 2.45 bits per heavy atom. The Morgan fingerprint density at radius 2 is 1.79 bits per heavy atom. The van der Waals surface area contributed by atoms with Gasteiger partial charge in [0.2, 0.25) is 0 Å². The molecule has 3 aromatic carbocycles. The average Bonchev–Trinajstić information content (AvgIpc) is 3.36. The lowest BCUT2D eigenvalue weighted by Crippen LogP contribution is -2.54. The lowest BCUT2D eigenvalue weighted by Gasteiger charge is -2.25. The molecule has 1 amide bonds. The molecule has 0 unspecified atom stereocenters. The van der Waals surface area contributed by atoms with E-state index in [1.807, 2.05) is 0 Å². The monoisotopic (exact) mass is 538 g/mol. The molecule has 0 aliphatic carbocycles. The molecule has 2 N–H and O–H groups in total. The standard InChI is InChI=1S/C26H23ClN4O7/c1-14-22(24(31(35)36)26(29-14)18-5-3-4-6-20(18)28-25(26)32)16-11-19(27)23(21(12-16)37-2)38-13-15-7-9-17(10-8-15)30(33)34/h3-12,14,22,24,29H,13H2,1-2H3,(H,28,32)/t14-,22-,24-,26+/m0/s1. The second-order valence-electron chi connectivity index (χ2n) is 9.24. The molecule has 1 fully saturated rings. The number of anilines is 1. The number of nitrogens with zero attached hydrogens (tertiary/aromatic N) is 2. The van der Waals surface area contributed by atoms with Gasteiger partial charge in [-0.25, -0.2) is 0 Å². The molecule has 2 aliphatic rings. The normalized spacial score (nSPS) is 23.7. The Labute approximate surface area is 222 Å².